The Bertz CT molecular complexity index is 1640. The lowest BCUT2D eigenvalue weighted by atomic mass is 10.0. The third kappa shape index (κ3) is 9.53. The monoisotopic (exact) mass is 634 g/mol. The summed E-state index contributed by atoms with van der Waals surface area (Å²) in [6.07, 6.45) is 2.02. The van der Waals surface area contributed by atoms with Crippen molar-refractivity contribution in [3.63, 3.8) is 0 Å². The van der Waals surface area contributed by atoms with Crippen molar-refractivity contribution in [2.75, 3.05) is 13.1 Å². The molecule has 0 radical (unpaired) electrons. The number of esters is 1. The van der Waals surface area contributed by atoms with Crippen molar-refractivity contribution in [1.29, 1.82) is 0 Å². The second-order valence-corrected chi connectivity index (χ2v) is 12.4. The molecule has 4 aromatic carbocycles. The molecule has 8 nitrogen and oxygen atoms in total. The first-order chi connectivity index (χ1) is 22.7. The highest BCUT2D eigenvalue weighted by atomic mass is 16.6. The molecular formula is C39H42N2O6. The van der Waals surface area contributed by atoms with Crippen LogP contribution < -0.4 is 10.1 Å². The van der Waals surface area contributed by atoms with E-state index in [1.807, 2.05) is 111 Å². The Morgan fingerprint density at radius 1 is 0.787 bits per heavy atom. The van der Waals surface area contributed by atoms with Crippen LogP contribution in [0.2, 0.25) is 0 Å². The molecule has 8 heteroatoms. The fraction of sp³-hybridized carbons (Fsp3) is 0.308. The number of aryl methyl sites for hydroxylation is 2. The van der Waals surface area contributed by atoms with E-state index < -0.39 is 30.1 Å². The molecule has 0 heterocycles. The Morgan fingerprint density at radius 2 is 1.45 bits per heavy atom. The lowest BCUT2D eigenvalue weighted by molar-refractivity contribution is -0.149. The predicted molar refractivity (Wildman–Crippen MR) is 181 cm³/mol. The van der Waals surface area contributed by atoms with Crippen LogP contribution in [-0.2, 0) is 40.2 Å². The third-order valence-electron chi connectivity index (χ3n) is 8.20. The lowest BCUT2D eigenvalue weighted by Gasteiger charge is -2.29. The largest absolute Gasteiger partial charge is 0.480 e. The van der Waals surface area contributed by atoms with Gasteiger partial charge in [-0.2, -0.15) is 0 Å². The van der Waals surface area contributed by atoms with Crippen molar-refractivity contribution in [2.45, 2.75) is 58.3 Å². The molecule has 0 bridgehead atoms. The first kappa shape index (κ1) is 33.4. The van der Waals surface area contributed by atoms with Crippen LogP contribution in [0.4, 0.5) is 4.79 Å². The van der Waals surface area contributed by atoms with Crippen molar-refractivity contribution < 1.29 is 29.0 Å². The quantitative estimate of drug-likeness (QED) is 0.118. The second kappa shape index (κ2) is 16.1. The zero-order valence-corrected chi connectivity index (χ0v) is 26.9. The maximum atomic E-state index is 13.7. The molecule has 0 fully saturated rings. The molecule has 2 atom stereocenters. The average Bonchev–Trinajstić information content (AvgIpc) is 3.55. The molecule has 1 aliphatic rings. The number of rotatable bonds is 14. The third-order valence-corrected chi connectivity index (χ3v) is 8.20. The number of amides is 2. The first-order valence-corrected chi connectivity index (χ1v) is 16.2. The predicted octanol–water partition coefficient (Wildman–Crippen LogP) is 6.70. The summed E-state index contributed by atoms with van der Waals surface area (Å²) in [5, 5.41) is 12.8. The number of nitrogens with zero attached hydrogens (tertiary/aromatic N) is 1. The Labute approximate surface area is 276 Å². The van der Waals surface area contributed by atoms with Crippen LogP contribution in [0, 0.1) is 5.92 Å². The molecule has 1 aliphatic carbocycles. The number of carbonyl (C=O) groups excluding carboxylic acids is 2. The van der Waals surface area contributed by atoms with E-state index in [2.05, 4.69) is 5.32 Å². The molecule has 0 aliphatic heterocycles. The molecule has 0 spiro atoms. The number of carboxylic acid groups (broad SMARTS) is 1. The van der Waals surface area contributed by atoms with Gasteiger partial charge in [0.15, 0.2) is 6.10 Å². The minimum Gasteiger partial charge on any atom is -0.480 e. The minimum absolute atomic E-state index is 0.0389. The van der Waals surface area contributed by atoms with Gasteiger partial charge in [-0.25, -0.2) is 14.4 Å². The molecule has 0 saturated heterocycles. The Kier molecular flexibility index (Phi) is 11.4. The van der Waals surface area contributed by atoms with Crippen LogP contribution in [-0.4, -0.2) is 53.2 Å². The number of carboxylic acids is 1. The molecule has 2 amide bonds. The van der Waals surface area contributed by atoms with E-state index in [-0.39, 0.29) is 32.0 Å². The summed E-state index contributed by atoms with van der Waals surface area (Å²) in [6.45, 7) is 4.20. The van der Waals surface area contributed by atoms with Gasteiger partial charge in [0.1, 0.15) is 11.8 Å². The fourth-order valence-electron chi connectivity index (χ4n) is 5.78. The summed E-state index contributed by atoms with van der Waals surface area (Å²) in [6, 6.07) is 30.9. The number of fused-ring (bicyclic) bond motifs is 1. The SMILES string of the molecule is CC(C)CN(C[C@H](OCc1ccccc1)C(=O)Oc1ccc2c(c1)CCC2)C(=O)N[C@@H](Cc1ccc(-c2ccccc2)cc1)C(=O)O. The fourth-order valence-corrected chi connectivity index (χ4v) is 5.78. The summed E-state index contributed by atoms with van der Waals surface area (Å²) in [7, 11) is 0. The zero-order valence-electron chi connectivity index (χ0n) is 26.9. The molecule has 2 N–H and O–H groups in total. The van der Waals surface area contributed by atoms with Crippen LogP contribution in [0.1, 0.15) is 42.5 Å². The van der Waals surface area contributed by atoms with Crippen molar-refractivity contribution >= 4 is 18.0 Å². The lowest BCUT2D eigenvalue weighted by Crippen LogP contribution is -2.53. The molecule has 5 rings (SSSR count). The Balaban J connectivity index is 1.30. The van der Waals surface area contributed by atoms with E-state index in [4.69, 9.17) is 9.47 Å². The second-order valence-electron chi connectivity index (χ2n) is 12.4. The topological polar surface area (TPSA) is 105 Å². The summed E-state index contributed by atoms with van der Waals surface area (Å²) >= 11 is 0. The average molecular weight is 635 g/mol. The van der Waals surface area contributed by atoms with Gasteiger partial charge in [-0.15, -0.1) is 0 Å². The van der Waals surface area contributed by atoms with E-state index in [9.17, 15) is 19.5 Å². The van der Waals surface area contributed by atoms with Crippen molar-refractivity contribution in [1.82, 2.24) is 10.2 Å². The van der Waals surface area contributed by atoms with Crippen molar-refractivity contribution in [3.8, 4) is 16.9 Å². The van der Waals surface area contributed by atoms with Crippen molar-refractivity contribution in [2.24, 2.45) is 5.92 Å². The number of hydrogen-bond donors (Lipinski definition) is 2. The molecule has 0 saturated carbocycles. The summed E-state index contributed by atoms with van der Waals surface area (Å²) in [5.41, 5.74) is 6.16. The molecule has 0 unspecified atom stereocenters. The number of carbonyl (C=O) groups is 3. The molecule has 0 aromatic heterocycles. The zero-order chi connectivity index (χ0) is 33.2. The van der Waals surface area contributed by atoms with Crippen LogP contribution in [0.5, 0.6) is 5.75 Å². The summed E-state index contributed by atoms with van der Waals surface area (Å²) < 4.78 is 11.9. The molecule has 47 heavy (non-hydrogen) atoms. The highest BCUT2D eigenvalue weighted by molar-refractivity contribution is 5.84. The maximum Gasteiger partial charge on any atom is 0.342 e. The number of urea groups is 1. The number of nitrogens with one attached hydrogen (secondary N) is 1. The van der Waals surface area contributed by atoms with Gasteiger partial charge in [-0.3, -0.25) is 0 Å². The van der Waals surface area contributed by atoms with Gasteiger partial charge in [0.25, 0.3) is 0 Å². The van der Waals surface area contributed by atoms with Gasteiger partial charge < -0.3 is 24.8 Å². The smallest absolute Gasteiger partial charge is 0.342 e. The van der Waals surface area contributed by atoms with Crippen LogP contribution >= 0.6 is 0 Å². The normalized spacial score (nSPS) is 13.4. The minimum atomic E-state index is -1.18. The van der Waals surface area contributed by atoms with E-state index in [0.29, 0.717) is 5.75 Å². The molecule has 244 valence electrons. The number of ether oxygens (including phenoxy) is 2. The van der Waals surface area contributed by atoms with E-state index >= 15 is 0 Å². The van der Waals surface area contributed by atoms with Gasteiger partial charge >= 0.3 is 18.0 Å². The van der Waals surface area contributed by atoms with Gasteiger partial charge in [0.05, 0.1) is 13.2 Å². The van der Waals surface area contributed by atoms with Crippen LogP contribution in [0.25, 0.3) is 11.1 Å². The molecular weight excluding hydrogens is 592 g/mol. The van der Waals surface area contributed by atoms with Gasteiger partial charge in [0.2, 0.25) is 0 Å². The number of benzene rings is 4. The van der Waals surface area contributed by atoms with Gasteiger partial charge in [-0.1, -0.05) is 105 Å². The highest BCUT2D eigenvalue weighted by Crippen LogP contribution is 2.26. The van der Waals surface area contributed by atoms with Crippen molar-refractivity contribution in [3.05, 3.63) is 125 Å². The molecule has 4 aromatic rings. The van der Waals surface area contributed by atoms with Gasteiger partial charge in [0, 0.05) is 13.0 Å². The number of aliphatic carboxylic acids is 1. The van der Waals surface area contributed by atoms with Crippen LogP contribution in [0.3, 0.4) is 0 Å². The van der Waals surface area contributed by atoms with Crippen LogP contribution in [0.15, 0.2) is 103 Å². The summed E-state index contributed by atoms with van der Waals surface area (Å²) in [5.74, 6) is -1.29. The van der Waals surface area contributed by atoms with E-state index in [1.165, 1.54) is 16.0 Å². The Hall–Kier alpha value is -4.95. The summed E-state index contributed by atoms with van der Waals surface area (Å²) in [4.78, 5) is 41.0. The van der Waals surface area contributed by atoms with Gasteiger partial charge in [-0.05, 0) is 70.7 Å². The maximum absolute atomic E-state index is 13.7. The number of hydrogen-bond acceptors (Lipinski definition) is 5. The Morgan fingerprint density at radius 3 is 2.13 bits per heavy atom. The van der Waals surface area contributed by atoms with E-state index in [0.717, 1.165) is 41.5 Å². The standard InChI is InChI=1S/C39H42N2O6/c1-27(2)24-41(39(45)40-35(37(42)43)22-28-16-18-32(19-17-28)30-12-7-4-8-13-30)25-36(46-26-29-10-5-3-6-11-29)38(44)47-34-21-20-31-14-9-15-33(31)23-34/h3-8,10-13,16-21,23,27,35-36H,9,14-15,22,24-26H2,1-2H3,(H,40,45)(H,42,43)/t35-,36-/m0/s1. The van der Waals surface area contributed by atoms with E-state index in [1.54, 1.807) is 6.07 Å². The highest BCUT2D eigenvalue weighted by Gasteiger charge is 2.30. The first-order valence-electron chi connectivity index (χ1n) is 16.2.